The molecule has 1 atom stereocenters. The summed E-state index contributed by atoms with van der Waals surface area (Å²) in [5, 5.41) is 3.00. The second kappa shape index (κ2) is 5.40. The first kappa shape index (κ1) is 12.9. The molecule has 1 fully saturated rings. The molecular weight excluding hydrogens is 228 g/mol. The van der Waals surface area contributed by atoms with Crippen LogP contribution < -0.4 is 15.8 Å². The molecule has 98 valence electrons. The first-order chi connectivity index (χ1) is 8.65. The number of rotatable bonds is 5. The minimum absolute atomic E-state index is 0.0859. The van der Waals surface area contributed by atoms with Gasteiger partial charge in [-0.25, -0.2) is 0 Å². The highest BCUT2D eigenvalue weighted by Gasteiger charge is 2.31. The molecule has 0 spiro atoms. The zero-order valence-electron chi connectivity index (χ0n) is 10.9. The van der Waals surface area contributed by atoms with Crippen molar-refractivity contribution < 1.29 is 9.53 Å². The molecule has 2 rings (SSSR count). The standard InChI is InChI=1S/C14H20N2O2/c1-9-3-6-13(18-2)11(7-9)14(17)16-12(8-15)10-4-5-10/h3,6-7,10,12H,4-5,8,15H2,1-2H3,(H,16,17). The third-order valence-electron chi connectivity index (χ3n) is 3.36. The number of benzene rings is 1. The lowest BCUT2D eigenvalue weighted by Gasteiger charge is -2.17. The largest absolute Gasteiger partial charge is 0.496 e. The van der Waals surface area contributed by atoms with Gasteiger partial charge < -0.3 is 15.8 Å². The number of amides is 1. The molecule has 18 heavy (non-hydrogen) atoms. The summed E-state index contributed by atoms with van der Waals surface area (Å²) < 4.78 is 5.22. The Morgan fingerprint density at radius 3 is 2.83 bits per heavy atom. The Morgan fingerprint density at radius 2 is 2.28 bits per heavy atom. The van der Waals surface area contributed by atoms with Gasteiger partial charge in [-0.15, -0.1) is 0 Å². The minimum Gasteiger partial charge on any atom is -0.496 e. The van der Waals surface area contributed by atoms with E-state index in [1.807, 2.05) is 25.1 Å². The molecule has 0 bridgehead atoms. The summed E-state index contributed by atoms with van der Waals surface area (Å²) in [6, 6.07) is 5.67. The molecule has 1 aromatic carbocycles. The Morgan fingerprint density at radius 1 is 1.56 bits per heavy atom. The van der Waals surface area contributed by atoms with Gasteiger partial charge in [-0.05, 0) is 37.8 Å². The summed E-state index contributed by atoms with van der Waals surface area (Å²) in [5.74, 6) is 1.05. The van der Waals surface area contributed by atoms with Crippen molar-refractivity contribution in [1.82, 2.24) is 5.32 Å². The predicted octanol–water partition coefficient (Wildman–Crippen LogP) is 1.47. The zero-order chi connectivity index (χ0) is 13.1. The number of nitrogens with two attached hydrogens (primary N) is 1. The van der Waals surface area contributed by atoms with Crippen LogP contribution >= 0.6 is 0 Å². The van der Waals surface area contributed by atoms with Crippen molar-refractivity contribution in [2.45, 2.75) is 25.8 Å². The molecule has 0 aromatic heterocycles. The average molecular weight is 248 g/mol. The van der Waals surface area contributed by atoms with Gasteiger partial charge in [-0.2, -0.15) is 0 Å². The van der Waals surface area contributed by atoms with Gasteiger partial charge in [0.2, 0.25) is 0 Å². The molecule has 1 aliphatic rings. The fourth-order valence-corrected chi connectivity index (χ4v) is 2.11. The number of nitrogens with one attached hydrogen (secondary N) is 1. The van der Waals surface area contributed by atoms with Crippen molar-refractivity contribution in [3.05, 3.63) is 29.3 Å². The molecule has 0 saturated heterocycles. The quantitative estimate of drug-likeness (QED) is 0.829. The summed E-state index contributed by atoms with van der Waals surface area (Å²) in [4.78, 5) is 12.2. The summed E-state index contributed by atoms with van der Waals surface area (Å²) >= 11 is 0. The molecule has 0 heterocycles. The summed E-state index contributed by atoms with van der Waals surface area (Å²) in [6.45, 7) is 2.45. The number of carbonyl (C=O) groups excluding carboxylic acids is 1. The fraction of sp³-hybridized carbons (Fsp3) is 0.500. The highest BCUT2D eigenvalue weighted by molar-refractivity contribution is 5.97. The van der Waals surface area contributed by atoms with Gasteiger partial charge in [0.1, 0.15) is 5.75 Å². The first-order valence-corrected chi connectivity index (χ1v) is 6.31. The van der Waals surface area contributed by atoms with Crippen molar-refractivity contribution in [2.75, 3.05) is 13.7 Å². The van der Waals surface area contributed by atoms with Gasteiger partial charge in [-0.1, -0.05) is 11.6 Å². The van der Waals surface area contributed by atoms with Gasteiger partial charge in [0, 0.05) is 12.6 Å². The van der Waals surface area contributed by atoms with Crippen LogP contribution in [0.3, 0.4) is 0 Å². The van der Waals surface area contributed by atoms with E-state index in [2.05, 4.69) is 5.32 Å². The number of ether oxygens (including phenoxy) is 1. The van der Waals surface area contributed by atoms with Crippen molar-refractivity contribution in [3.63, 3.8) is 0 Å². The predicted molar refractivity (Wildman–Crippen MR) is 70.8 cm³/mol. The monoisotopic (exact) mass is 248 g/mol. The molecule has 1 unspecified atom stereocenters. The van der Waals surface area contributed by atoms with E-state index < -0.39 is 0 Å². The first-order valence-electron chi connectivity index (χ1n) is 6.31. The van der Waals surface area contributed by atoms with Crippen molar-refractivity contribution >= 4 is 5.91 Å². The maximum absolute atomic E-state index is 12.2. The van der Waals surface area contributed by atoms with E-state index >= 15 is 0 Å². The number of hydrogen-bond donors (Lipinski definition) is 2. The topological polar surface area (TPSA) is 64.3 Å². The maximum atomic E-state index is 12.2. The van der Waals surface area contributed by atoms with E-state index in [4.69, 9.17) is 10.5 Å². The van der Waals surface area contributed by atoms with Crippen molar-refractivity contribution in [1.29, 1.82) is 0 Å². The molecule has 1 aliphatic carbocycles. The Hall–Kier alpha value is -1.55. The molecular formula is C14H20N2O2. The summed E-state index contributed by atoms with van der Waals surface area (Å²) in [5.41, 5.74) is 7.31. The summed E-state index contributed by atoms with van der Waals surface area (Å²) in [7, 11) is 1.57. The lowest BCUT2D eigenvalue weighted by atomic mass is 10.1. The lowest BCUT2D eigenvalue weighted by Crippen LogP contribution is -2.41. The zero-order valence-corrected chi connectivity index (χ0v) is 10.9. The number of aryl methyl sites for hydroxylation is 1. The highest BCUT2D eigenvalue weighted by atomic mass is 16.5. The van der Waals surface area contributed by atoms with E-state index in [-0.39, 0.29) is 11.9 Å². The smallest absolute Gasteiger partial charge is 0.255 e. The Bertz CT molecular complexity index is 441. The third-order valence-corrected chi connectivity index (χ3v) is 3.36. The average Bonchev–Trinajstić information content (AvgIpc) is 3.19. The van der Waals surface area contributed by atoms with Crippen LogP contribution in [0.15, 0.2) is 18.2 Å². The molecule has 1 saturated carbocycles. The van der Waals surface area contributed by atoms with E-state index in [0.29, 0.717) is 23.8 Å². The normalized spacial score (nSPS) is 16.2. The van der Waals surface area contributed by atoms with Crippen LogP contribution in [0.5, 0.6) is 5.75 Å². The van der Waals surface area contributed by atoms with E-state index in [1.165, 1.54) is 0 Å². The SMILES string of the molecule is COc1ccc(C)cc1C(=O)NC(CN)C1CC1. The van der Waals surface area contributed by atoms with Gasteiger partial charge in [0.05, 0.1) is 12.7 Å². The number of hydrogen-bond acceptors (Lipinski definition) is 3. The van der Waals surface area contributed by atoms with Crippen LogP contribution in [0.2, 0.25) is 0 Å². The van der Waals surface area contributed by atoms with Gasteiger partial charge >= 0.3 is 0 Å². The van der Waals surface area contributed by atoms with Crippen molar-refractivity contribution in [2.24, 2.45) is 11.7 Å². The Labute approximate surface area is 108 Å². The minimum atomic E-state index is -0.0992. The molecule has 1 aromatic rings. The van der Waals surface area contributed by atoms with Crippen LogP contribution in [-0.2, 0) is 0 Å². The van der Waals surface area contributed by atoms with Crippen molar-refractivity contribution in [3.8, 4) is 5.75 Å². The Balaban J connectivity index is 2.14. The third kappa shape index (κ3) is 2.82. The Kier molecular flexibility index (Phi) is 3.87. The van der Waals surface area contributed by atoms with Crippen LogP contribution in [0.4, 0.5) is 0 Å². The molecule has 4 heteroatoms. The molecule has 0 aliphatic heterocycles. The van der Waals surface area contributed by atoms with E-state index in [0.717, 1.165) is 18.4 Å². The lowest BCUT2D eigenvalue weighted by molar-refractivity contribution is 0.0930. The fourth-order valence-electron chi connectivity index (χ4n) is 2.11. The highest BCUT2D eigenvalue weighted by Crippen LogP contribution is 2.32. The van der Waals surface area contributed by atoms with Gasteiger partial charge in [-0.3, -0.25) is 4.79 Å². The maximum Gasteiger partial charge on any atom is 0.255 e. The molecule has 3 N–H and O–H groups in total. The van der Waals surface area contributed by atoms with E-state index in [1.54, 1.807) is 7.11 Å². The van der Waals surface area contributed by atoms with Crippen LogP contribution in [0.1, 0.15) is 28.8 Å². The van der Waals surface area contributed by atoms with Crippen LogP contribution in [0.25, 0.3) is 0 Å². The molecule has 4 nitrogen and oxygen atoms in total. The van der Waals surface area contributed by atoms with Crippen LogP contribution in [-0.4, -0.2) is 25.6 Å². The second-order valence-electron chi connectivity index (χ2n) is 4.86. The van der Waals surface area contributed by atoms with E-state index in [9.17, 15) is 4.79 Å². The van der Waals surface area contributed by atoms with Gasteiger partial charge in [0.15, 0.2) is 0 Å². The van der Waals surface area contributed by atoms with Crippen LogP contribution in [0, 0.1) is 12.8 Å². The number of methoxy groups -OCH3 is 1. The molecule has 1 amide bonds. The number of carbonyl (C=O) groups is 1. The second-order valence-corrected chi connectivity index (χ2v) is 4.86. The summed E-state index contributed by atoms with van der Waals surface area (Å²) in [6.07, 6.45) is 2.32. The molecule has 0 radical (unpaired) electrons. The van der Waals surface area contributed by atoms with Gasteiger partial charge in [0.25, 0.3) is 5.91 Å².